The van der Waals surface area contributed by atoms with Gasteiger partial charge in [-0.05, 0) is 25.3 Å². The molecule has 3 heterocycles. The van der Waals surface area contributed by atoms with E-state index in [9.17, 15) is 4.79 Å². The molecule has 4 rings (SSSR count). The summed E-state index contributed by atoms with van der Waals surface area (Å²) in [5, 5.41) is 3.57. The van der Waals surface area contributed by atoms with Crippen molar-refractivity contribution in [1.29, 1.82) is 0 Å². The van der Waals surface area contributed by atoms with Gasteiger partial charge < -0.3 is 4.90 Å². The number of carbonyl (C=O) groups is 1. The highest BCUT2D eigenvalue weighted by Crippen LogP contribution is 2.33. The second-order valence-electron chi connectivity index (χ2n) is 6.31. The van der Waals surface area contributed by atoms with Crippen molar-refractivity contribution in [2.45, 2.75) is 19.8 Å². The van der Waals surface area contributed by atoms with Crippen LogP contribution in [0.25, 0.3) is 10.4 Å². The molecule has 27 heavy (non-hydrogen) atoms. The quantitative estimate of drug-likeness (QED) is 0.703. The van der Waals surface area contributed by atoms with E-state index in [4.69, 9.17) is 11.6 Å². The fraction of sp³-hybridized carbons (Fsp3) is 0.263. The highest BCUT2D eigenvalue weighted by molar-refractivity contribution is 7.19. The lowest BCUT2D eigenvalue weighted by atomic mass is 10.2. The monoisotopic (exact) mass is 399 g/mol. The van der Waals surface area contributed by atoms with Crippen LogP contribution in [0.15, 0.2) is 36.5 Å². The number of benzene rings is 1. The standard InChI is InChI=1S/C19H18ClN5OS/c1-12-16(13-7-3-2-4-8-13)27-19(22-12)24-17(26)15-14(20)11-21-18(23-15)25-9-5-6-10-25/h2-4,7-8,11H,5-6,9-10H2,1H3,(H,22,24,26). The second-order valence-corrected chi connectivity index (χ2v) is 7.72. The van der Waals surface area contributed by atoms with E-state index in [0.29, 0.717) is 11.1 Å². The first kappa shape index (κ1) is 17.9. The number of amides is 1. The van der Waals surface area contributed by atoms with E-state index >= 15 is 0 Å². The summed E-state index contributed by atoms with van der Waals surface area (Å²) in [5.74, 6) is 0.165. The molecule has 1 N–H and O–H groups in total. The van der Waals surface area contributed by atoms with Gasteiger partial charge in [-0.3, -0.25) is 10.1 Å². The molecule has 1 aliphatic heterocycles. The van der Waals surface area contributed by atoms with E-state index in [1.54, 1.807) is 0 Å². The molecule has 1 aliphatic rings. The first-order valence-corrected chi connectivity index (χ1v) is 9.93. The Balaban J connectivity index is 1.57. The van der Waals surface area contributed by atoms with Crippen LogP contribution in [-0.4, -0.2) is 33.9 Å². The maximum absolute atomic E-state index is 12.7. The lowest BCUT2D eigenvalue weighted by Crippen LogP contribution is -2.23. The number of halogens is 1. The summed E-state index contributed by atoms with van der Waals surface area (Å²) in [4.78, 5) is 28.9. The van der Waals surface area contributed by atoms with Crippen LogP contribution in [0, 0.1) is 6.92 Å². The minimum absolute atomic E-state index is 0.169. The average Bonchev–Trinajstić information content (AvgIpc) is 3.33. The van der Waals surface area contributed by atoms with Gasteiger partial charge in [-0.15, -0.1) is 0 Å². The van der Waals surface area contributed by atoms with Crippen molar-refractivity contribution < 1.29 is 4.79 Å². The van der Waals surface area contributed by atoms with Gasteiger partial charge in [0.15, 0.2) is 10.8 Å². The predicted octanol–water partition coefficient (Wildman–Crippen LogP) is 4.41. The highest BCUT2D eigenvalue weighted by atomic mass is 35.5. The Labute approximate surface area is 166 Å². The number of anilines is 2. The molecule has 0 spiro atoms. The Morgan fingerprint density at radius 1 is 1.19 bits per heavy atom. The smallest absolute Gasteiger partial charge is 0.277 e. The van der Waals surface area contributed by atoms with E-state index in [1.807, 2.05) is 37.3 Å². The maximum Gasteiger partial charge on any atom is 0.277 e. The number of aryl methyl sites for hydroxylation is 1. The fourth-order valence-corrected chi connectivity index (χ4v) is 4.19. The Morgan fingerprint density at radius 3 is 2.67 bits per heavy atom. The molecule has 1 saturated heterocycles. The average molecular weight is 400 g/mol. The van der Waals surface area contributed by atoms with Gasteiger partial charge in [0.05, 0.1) is 21.8 Å². The van der Waals surface area contributed by atoms with Crippen LogP contribution in [0.4, 0.5) is 11.1 Å². The zero-order chi connectivity index (χ0) is 18.8. The number of aromatic nitrogens is 3. The Hall–Kier alpha value is -2.51. The number of hydrogen-bond acceptors (Lipinski definition) is 6. The predicted molar refractivity (Wildman–Crippen MR) is 109 cm³/mol. The normalized spacial score (nSPS) is 13.8. The van der Waals surface area contributed by atoms with Crippen LogP contribution < -0.4 is 10.2 Å². The number of nitrogens with zero attached hydrogens (tertiary/aromatic N) is 4. The van der Waals surface area contributed by atoms with Crippen LogP contribution in [0.5, 0.6) is 0 Å². The van der Waals surface area contributed by atoms with Gasteiger partial charge in [0.1, 0.15) is 0 Å². The first-order valence-electron chi connectivity index (χ1n) is 8.73. The molecule has 8 heteroatoms. The molecule has 1 aromatic carbocycles. The SMILES string of the molecule is Cc1nc(NC(=O)c2nc(N3CCCC3)ncc2Cl)sc1-c1ccccc1. The largest absolute Gasteiger partial charge is 0.341 e. The fourth-order valence-electron chi connectivity index (χ4n) is 3.05. The summed E-state index contributed by atoms with van der Waals surface area (Å²) in [5.41, 5.74) is 2.11. The zero-order valence-electron chi connectivity index (χ0n) is 14.8. The number of carbonyl (C=O) groups excluding carboxylic acids is 1. The van der Waals surface area contributed by atoms with Gasteiger partial charge in [-0.25, -0.2) is 15.0 Å². The molecular formula is C19H18ClN5OS. The molecule has 0 saturated carbocycles. The number of hydrogen-bond donors (Lipinski definition) is 1. The number of rotatable bonds is 4. The maximum atomic E-state index is 12.7. The summed E-state index contributed by atoms with van der Waals surface area (Å²) in [7, 11) is 0. The van der Waals surface area contributed by atoms with Crippen LogP contribution in [0.2, 0.25) is 5.02 Å². The van der Waals surface area contributed by atoms with E-state index in [0.717, 1.165) is 42.1 Å². The lowest BCUT2D eigenvalue weighted by Gasteiger charge is -2.15. The van der Waals surface area contributed by atoms with Crippen molar-refractivity contribution in [3.05, 3.63) is 52.9 Å². The van der Waals surface area contributed by atoms with E-state index in [1.165, 1.54) is 17.5 Å². The summed E-state index contributed by atoms with van der Waals surface area (Å²) in [6.07, 6.45) is 3.70. The first-order chi connectivity index (χ1) is 13.1. The van der Waals surface area contributed by atoms with Gasteiger partial charge in [0.25, 0.3) is 5.91 Å². The summed E-state index contributed by atoms with van der Waals surface area (Å²) in [6, 6.07) is 9.98. The molecular weight excluding hydrogens is 382 g/mol. The van der Waals surface area contributed by atoms with Crippen molar-refractivity contribution in [3.63, 3.8) is 0 Å². The van der Waals surface area contributed by atoms with Gasteiger partial charge in [-0.2, -0.15) is 0 Å². The molecule has 0 aliphatic carbocycles. The van der Waals surface area contributed by atoms with Gasteiger partial charge >= 0.3 is 0 Å². The third-order valence-electron chi connectivity index (χ3n) is 4.39. The van der Waals surface area contributed by atoms with Crippen LogP contribution in [0.3, 0.4) is 0 Å². The van der Waals surface area contributed by atoms with Crippen molar-refractivity contribution in [2.75, 3.05) is 23.3 Å². The molecule has 0 radical (unpaired) electrons. The molecule has 1 fully saturated rings. The van der Waals surface area contributed by atoms with Crippen molar-refractivity contribution in [2.24, 2.45) is 0 Å². The third-order valence-corrected chi connectivity index (χ3v) is 5.79. The molecule has 0 bridgehead atoms. The summed E-state index contributed by atoms with van der Waals surface area (Å²) in [6.45, 7) is 3.72. The molecule has 0 atom stereocenters. The van der Waals surface area contributed by atoms with Crippen molar-refractivity contribution in [3.8, 4) is 10.4 Å². The molecule has 138 valence electrons. The Bertz CT molecular complexity index is 969. The van der Waals surface area contributed by atoms with Gasteiger partial charge in [0.2, 0.25) is 5.95 Å². The van der Waals surface area contributed by atoms with Crippen LogP contribution >= 0.6 is 22.9 Å². The van der Waals surface area contributed by atoms with E-state index in [2.05, 4.69) is 25.2 Å². The van der Waals surface area contributed by atoms with Gasteiger partial charge in [0, 0.05) is 13.1 Å². The topological polar surface area (TPSA) is 71.0 Å². The molecule has 2 aromatic heterocycles. The number of thiazole rings is 1. The molecule has 0 unspecified atom stereocenters. The molecule has 6 nitrogen and oxygen atoms in total. The summed E-state index contributed by atoms with van der Waals surface area (Å²) < 4.78 is 0. The van der Waals surface area contributed by atoms with Crippen molar-refractivity contribution in [1.82, 2.24) is 15.0 Å². The number of nitrogens with one attached hydrogen (secondary N) is 1. The molecule has 3 aromatic rings. The zero-order valence-corrected chi connectivity index (χ0v) is 16.3. The van der Waals surface area contributed by atoms with Gasteiger partial charge in [-0.1, -0.05) is 53.3 Å². The second kappa shape index (κ2) is 7.62. The minimum atomic E-state index is -0.379. The third kappa shape index (κ3) is 3.79. The van der Waals surface area contributed by atoms with E-state index in [-0.39, 0.29) is 16.6 Å². The van der Waals surface area contributed by atoms with Crippen molar-refractivity contribution >= 4 is 39.9 Å². The van der Waals surface area contributed by atoms with Crippen LogP contribution in [-0.2, 0) is 0 Å². The Kier molecular flexibility index (Phi) is 5.05. The summed E-state index contributed by atoms with van der Waals surface area (Å²) >= 11 is 7.61. The highest BCUT2D eigenvalue weighted by Gasteiger charge is 2.21. The van der Waals surface area contributed by atoms with E-state index < -0.39 is 0 Å². The Morgan fingerprint density at radius 2 is 1.93 bits per heavy atom. The minimum Gasteiger partial charge on any atom is -0.341 e. The van der Waals surface area contributed by atoms with Crippen LogP contribution in [0.1, 0.15) is 29.0 Å². The lowest BCUT2D eigenvalue weighted by molar-refractivity contribution is 0.102. The molecule has 1 amide bonds.